The molecule has 4 nitrogen and oxygen atoms in total. The lowest BCUT2D eigenvalue weighted by atomic mass is 9.97. The van der Waals surface area contributed by atoms with E-state index in [-0.39, 0.29) is 17.5 Å². The number of ether oxygens (including phenoxy) is 1. The van der Waals surface area contributed by atoms with Gasteiger partial charge < -0.3 is 9.84 Å². The minimum Gasteiger partial charge on any atom is -0.494 e. The summed E-state index contributed by atoms with van der Waals surface area (Å²) in [7, 11) is 0. The Kier molecular flexibility index (Phi) is 4.42. The molecule has 0 amide bonds. The van der Waals surface area contributed by atoms with E-state index >= 15 is 0 Å². The predicted molar refractivity (Wildman–Crippen MR) is 98.6 cm³/mol. The molecule has 132 valence electrons. The van der Waals surface area contributed by atoms with Crippen LogP contribution in [0, 0.1) is 0 Å². The number of fused-ring (bicyclic) bond motifs is 2. The third-order valence-electron chi connectivity index (χ3n) is 5.06. The van der Waals surface area contributed by atoms with Gasteiger partial charge in [-0.25, -0.2) is 4.57 Å². The van der Waals surface area contributed by atoms with Gasteiger partial charge in [-0.05, 0) is 57.1 Å². The third kappa shape index (κ3) is 3.02. The van der Waals surface area contributed by atoms with Gasteiger partial charge in [-0.2, -0.15) is 0 Å². The Hall–Kier alpha value is -1.65. The van der Waals surface area contributed by atoms with Gasteiger partial charge in [0.2, 0.25) is 5.88 Å². The molecule has 25 heavy (non-hydrogen) atoms. The van der Waals surface area contributed by atoms with Crippen LogP contribution < -0.4 is 10.3 Å². The zero-order chi connectivity index (χ0) is 17.6. The molecule has 2 bridgehead atoms. The average molecular weight is 380 g/mol. The molecule has 1 N–H and O–H groups in total. The highest BCUT2D eigenvalue weighted by Crippen LogP contribution is 2.37. The van der Waals surface area contributed by atoms with Crippen LogP contribution >= 0.6 is 23.2 Å². The van der Waals surface area contributed by atoms with E-state index in [4.69, 9.17) is 27.9 Å². The second-order valence-corrected chi connectivity index (χ2v) is 7.59. The Balaban J connectivity index is 1.83. The second-order valence-electron chi connectivity index (χ2n) is 6.77. The molecule has 0 atom stereocenters. The van der Waals surface area contributed by atoms with E-state index in [1.165, 1.54) is 4.57 Å². The number of halogens is 2. The Morgan fingerprint density at radius 1 is 1.00 bits per heavy atom. The topological polar surface area (TPSA) is 51.5 Å². The van der Waals surface area contributed by atoms with E-state index in [2.05, 4.69) is 0 Å². The first-order valence-electron chi connectivity index (χ1n) is 8.67. The zero-order valence-corrected chi connectivity index (χ0v) is 15.2. The molecule has 0 aliphatic heterocycles. The van der Waals surface area contributed by atoms with Crippen LogP contribution in [0.3, 0.4) is 0 Å². The fourth-order valence-electron chi connectivity index (χ4n) is 3.74. The van der Waals surface area contributed by atoms with Crippen LogP contribution in [0.4, 0.5) is 0 Å². The fourth-order valence-corrected chi connectivity index (χ4v) is 4.25. The van der Waals surface area contributed by atoms with Gasteiger partial charge in [-0.1, -0.05) is 23.2 Å². The molecule has 1 aromatic carbocycles. The SMILES string of the molecule is O=c1c2cc(c(O)n1-c1cc(OC3CCCC3)c(Cl)cc1Cl)CCC2. The van der Waals surface area contributed by atoms with Crippen LogP contribution in [0.5, 0.6) is 11.6 Å². The Bertz CT molecular complexity index is 885. The monoisotopic (exact) mass is 379 g/mol. The van der Waals surface area contributed by atoms with Crippen molar-refractivity contribution in [3.05, 3.63) is 49.7 Å². The van der Waals surface area contributed by atoms with Crippen LogP contribution in [0.1, 0.15) is 43.2 Å². The molecule has 2 aromatic rings. The summed E-state index contributed by atoms with van der Waals surface area (Å²) in [5.74, 6) is 0.452. The van der Waals surface area contributed by atoms with Crippen LogP contribution in [-0.4, -0.2) is 15.8 Å². The molecule has 0 radical (unpaired) electrons. The van der Waals surface area contributed by atoms with Crippen LogP contribution in [0.15, 0.2) is 23.0 Å². The van der Waals surface area contributed by atoms with Crippen molar-refractivity contribution in [3.63, 3.8) is 0 Å². The van der Waals surface area contributed by atoms with E-state index in [0.717, 1.165) is 44.1 Å². The lowest BCUT2D eigenvalue weighted by Crippen LogP contribution is -2.26. The lowest BCUT2D eigenvalue weighted by molar-refractivity contribution is 0.210. The van der Waals surface area contributed by atoms with Crippen molar-refractivity contribution in [1.29, 1.82) is 0 Å². The second kappa shape index (κ2) is 6.58. The summed E-state index contributed by atoms with van der Waals surface area (Å²) in [6.07, 6.45) is 6.76. The quantitative estimate of drug-likeness (QED) is 0.843. The standard InChI is InChI=1S/C19H19Cl2NO3/c20-14-9-15(21)17(25-13-6-1-2-7-13)10-16(14)22-18(23)11-4-3-5-12(8-11)19(22)24/h8-10,13,23H,1-7H2. The molecular formula is C19H19Cl2NO3. The summed E-state index contributed by atoms with van der Waals surface area (Å²) in [4.78, 5) is 12.8. The highest BCUT2D eigenvalue weighted by Gasteiger charge is 2.23. The maximum absolute atomic E-state index is 12.8. The van der Waals surface area contributed by atoms with Crippen molar-refractivity contribution in [3.8, 4) is 17.3 Å². The molecule has 1 fully saturated rings. The molecule has 0 spiro atoms. The number of pyridine rings is 1. The van der Waals surface area contributed by atoms with Gasteiger partial charge in [0.15, 0.2) is 0 Å². The highest BCUT2D eigenvalue weighted by molar-refractivity contribution is 6.36. The summed E-state index contributed by atoms with van der Waals surface area (Å²) < 4.78 is 7.30. The first-order valence-corrected chi connectivity index (χ1v) is 9.43. The molecule has 0 saturated heterocycles. The molecular weight excluding hydrogens is 361 g/mol. The van der Waals surface area contributed by atoms with Crippen molar-refractivity contribution in [2.24, 2.45) is 0 Å². The van der Waals surface area contributed by atoms with E-state index in [0.29, 0.717) is 33.5 Å². The van der Waals surface area contributed by atoms with Crippen LogP contribution in [0.25, 0.3) is 5.69 Å². The van der Waals surface area contributed by atoms with Crippen LogP contribution in [0.2, 0.25) is 10.0 Å². The van der Waals surface area contributed by atoms with E-state index < -0.39 is 0 Å². The Morgan fingerprint density at radius 3 is 2.48 bits per heavy atom. The Labute approximate surface area is 156 Å². The van der Waals surface area contributed by atoms with Crippen molar-refractivity contribution >= 4 is 23.2 Å². The van der Waals surface area contributed by atoms with E-state index in [1.807, 2.05) is 0 Å². The highest BCUT2D eigenvalue weighted by atomic mass is 35.5. The first kappa shape index (κ1) is 16.8. The molecule has 1 heterocycles. The molecule has 0 unspecified atom stereocenters. The number of nitrogens with zero attached hydrogens (tertiary/aromatic N) is 1. The Morgan fingerprint density at radius 2 is 1.72 bits per heavy atom. The molecule has 6 heteroatoms. The molecule has 1 aromatic heterocycles. The van der Waals surface area contributed by atoms with Gasteiger partial charge in [-0.3, -0.25) is 4.79 Å². The van der Waals surface area contributed by atoms with Gasteiger partial charge in [0.25, 0.3) is 5.56 Å². The van der Waals surface area contributed by atoms with Gasteiger partial charge in [-0.15, -0.1) is 0 Å². The zero-order valence-electron chi connectivity index (χ0n) is 13.7. The number of hydrogen-bond donors (Lipinski definition) is 1. The van der Waals surface area contributed by atoms with E-state index in [1.54, 1.807) is 18.2 Å². The van der Waals surface area contributed by atoms with Crippen molar-refractivity contribution < 1.29 is 9.84 Å². The lowest BCUT2D eigenvalue weighted by Gasteiger charge is -2.21. The number of hydrogen-bond acceptors (Lipinski definition) is 3. The third-order valence-corrected chi connectivity index (χ3v) is 5.65. The average Bonchev–Trinajstić information content (AvgIpc) is 3.11. The van der Waals surface area contributed by atoms with Crippen LogP contribution in [-0.2, 0) is 12.8 Å². The number of benzene rings is 1. The van der Waals surface area contributed by atoms with Crippen molar-refractivity contribution in [2.45, 2.75) is 51.0 Å². The maximum Gasteiger partial charge on any atom is 0.261 e. The van der Waals surface area contributed by atoms with E-state index in [9.17, 15) is 9.90 Å². The van der Waals surface area contributed by atoms with Gasteiger partial charge in [0, 0.05) is 17.2 Å². The molecule has 2 aliphatic carbocycles. The minimum absolute atomic E-state index is 0.0514. The largest absolute Gasteiger partial charge is 0.494 e. The molecule has 4 rings (SSSR count). The summed E-state index contributed by atoms with van der Waals surface area (Å²) >= 11 is 12.6. The van der Waals surface area contributed by atoms with Gasteiger partial charge in [0.05, 0.1) is 21.8 Å². The van der Waals surface area contributed by atoms with Crippen molar-refractivity contribution in [2.75, 3.05) is 0 Å². The molecule has 1 saturated carbocycles. The van der Waals surface area contributed by atoms with Gasteiger partial charge >= 0.3 is 0 Å². The van der Waals surface area contributed by atoms with Crippen molar-refractivity contribution in [1.82, 2.24) is 4.57 Å². The summed E-state index contributed by atoms with van der Waals surface area (Å²) in [5, 5.41) is 11.3. The predicted octanol–water partition coefficient (Wildman–Crippen LogP) is 4.66. The summed E-state index contributed by atoms with van der Waals surface area (Å²) in [6, 6.07) is 5.03. The number of aromatic hydroxyl groups is 1. The normalized spacial score (nSPS) is 17.0. The minimum atomic E-state index is -0.239. The number of rotatable bonds is 3. The molecule has 2 aliphatic rings. The maximum atomic E-state index is 12.8. The summed E-state index contributed by atoms with van der Waals surface area (Å²) in [6.45, 7) is 0. The number of aromatic nitrogens is 1. The number of aryl methyl sites for hydroxylation is 2. The summed E-state index contributed by atoms with van der Waals surface area (Å²) in [5.41, 5.74) is 1.64. The first-order chi connectivity index (χ1) is 12.0. The fraction of sp³-hybridized carbons (Fsp3) is 0.421. The smallest absolute Gasteiger partial charge is 0.261 e. The van der Waals surface area contributed by atoms with Gasteiger partial charge in [0.1, 0.15) is 5.75 Å².